The zero-order valence-electron chi connectivity index (χ0n) is 16.0. The van der Waals surface area contributed by atoms with E-state index in [4.69, 9.17) is 10.2 Å². The summed E-state index contributed by atoms with van der Waals surface area (Å²) in [5, 5.41) is 18.3. The Hall–Kier alpha value is -0.0800. The quantitative estimate of drug-likeness (QED) is 0.221. The van der Waals surface area contributed by atoms with E-state index in [0.717, 1.165) is 12.8 Å². The summed E-state index contributed by atoms with van der Waals surface area (Å²) >= 11 is 0. The molecular weight excluding hydrogens is 284 g/mol. The van der Waals surface area contributed by atoms with E-state index in [2.05, 4.69) is 6.92 Å². The Labute approximate surface area is 146 Å². The molecule has 2 heteroatoms. The maximum Gasteiger partial charge on any atom is 0.162 e. The summed E-state index contributed by atoms with van der Waals surface area (Å²) in [5.41, 5.74) is 0. The lowest BCUT2D eigenvalue weighted by molar-refractivity contribution is -0.117. The molecule has 0 bridgehead atoms. The van der Waals surface area contributed by atoms with Crippen molar-refractivity contribution in [2.45, 2.75) is 129 Å². The lowest BCUT2D eigenvalue weighted by atomic mass is 10.0. The minimum Gasteiger partial charge on any atom is -0.366 e. The number of unbranched alkanes of at least 4 members (excludes halogenated alkanes) is 16. The number of aliphatic hydroxyl groups is 2. The third kappa shape index (κ3) is 21.9. The van der Waals surface area contributed by atoms with Crippen LogP contribution < -0.4 is 0 Å². The van der Waals surface area contributed by atoms with Crippen molar-refractivity contribution in [3.05, 3.63) is 6.42 Å². The molecule has 0 saturated carbocycles. The van der Waals surface area contributed by atoms with Crippen LogP contribution in [0.3, 0.4) is 0 Å². The molecule has 0 saturated heterocycles. The predicted octanol–water partition coefficient (Wildman–Crippen LogP) is 6.54. The summed E-state index contributed by atoms with van der Waals surface area (Å²) in [6, 6.07) is 0. The van der Waals surface area contributed by atoms with Crippen molar-refractivity contribution in [3.63, 3.8) is 0 Å². The lowest BCUT2D eigenvalue weighted by Crippen LogP contribution is -2.23. The maximum absolute atomic E-state index is 9.14. The number of hydrogen-bond donors (Lipinski definition) is 2. The van der Waals surface area contributed by atoms with E-state index in [1.807, 2.05) is 0 Å². The van der Waals surface area contributed by atoms with E-state index >= 15 is 0 Å². The van der Waals surface area contributed by atoms with Crippen LogP contribution in [0.25, 0.3) is 0 Å². The van der Waals surface area contributed by atoms with Gasteiger partial charge in [0.05, 0.1) is 0 Å². The lowest BCUT2D eigenvalue weighted by Gasteiger charge is -2.14. The summed E-state index contributed by atoms with van der Waals surface area (Å²) in [5.74, 6) is -1.59. The monoisotopic (exact) mass is 327 g/mol. The molecule has 0 fully saturated rings. The Balaban J connectivity index is 3.00. The Bertz CT molecular complexity index is 220. The SMILES string of the molecule is CCCCCCCCCCCCCCCCCC[CH]C(C)(O)O. The molecule has 0 aromatic rings. The first kappa shape index (κ1) is 22.9. The fourth-order valence-electron chi connectivity index (χ4n) is 3.07. The van der Waals surface area contributed by atoms with Crippen LogP contribution in [0.4, 0.5) is 0 Å². The van der Waals surface area contributed by atoms with Gasteiger partial charge in [-0.3, -0.25) is 0 Å². The van der Waals surface area contributed by atoms with Crippen LogP contribution in [0.1, 0.15) is 123 Å². The molecular formula is C21H43O2. The molecule has 0 aromatic carbocycles. The first-order chi connectivity index (χ1) is 11.1. The van der Waals surface area contributed by atoms with Crippen molar-refractivity contribution in [2.75, 3.05) is 0 Å². The average molecular weight is 328 g/mol. The van der Waals surface area contributed by atoms with Crippen LogP contribution in [0.15, 0.2) is 0 Å². The van der Waals surface area contributed by atoms with Gasteiger partial charge in [-0.2, -0.15) is 0 Å². The second kappa shape index (κ2) is 16.8. The summed E-state index contributed by atoms with van der Waals surface area (Å²) < 4.78 is 0. The largest absolute Gasteiger partial charge is 0.366 e. The van der Waals surface area contributed by atoms with Gasteiger partial charge in [-0.05, 0) is 13.3 Å². The minimum atomic E-state index is -1.59. The molecule has 0 amide bonds. The van der Waals surface area contributed by atoms with Gasteiger partial charge in [0, 0.05) is 6.42 Å². The molecule has 0 aliphatic rings. The van der Waals surface area contributed by atoms with Crippen LogP contribution in [0.2, 0.25) is 0 Å². The Morgan fingerprint density at radius 1 is 0.565 bits per heavy atom. The minimum absolute atomic E-state index is 0.807. The molecule has 2 nitrogen and oxygen atoms in total. The van der Waals surface area contributed by atoms with Crippen LogP contribution in [-0.4, -0.2) is 16.0 Å². The third-order valence-corrected chi connectivity index (χ3v) is 4.59. The molecule has 2 N–H and O–H groups in total. The van der Waals surface area contributed by atoms with E-state index < -0.39 is 5.79 Å². The molecule has 0 aliphatic carbocycles. The van der Waals surface area contributed by atoms with E-state index in [9.17, 15) is 0 Å². The van der Waals surface area contributed by atoms with E-state index in [0.29, 0.717) is 0 Å². The highest BCUT2D eigenvalue weighted by molar-refractivity contribution is 4.77. The smallest absolute Gasteiger partial charge is 0.162 e. The van der Waals surface area contributed by atoms with Crippen molar-refractivity contribution < 1.29 is 10.2 Å². The van der Waals surface area contributed by atoms with Crippen molar-refractivity contribution in [1.29, 1.82) is 0 Å². The van der Waals surface area contributed by atoms with Gasteiger partial charge in [0.15, 0.2) is 5.79 Å². The molecule has 23 heavy (non-hydrogen) atoms. The van der Waals surface area contributed by atoms with Gasteiger partial charge >= 0.3 is 0 Å². The van der Waals surface area contributed by atoms with Gasteiger partial charge < -0.3 is 10.2 Å². The molecule has 0 spiro atoms. The van der Waals surface area contributed by atoms with Gasteiger partial charge in [0.25, 0.3) is 0 Å². The number of rotatable bonds is 18. The van der Waals surface area contributed by atoms with Gasteiger partial charge in [0.2, 0.25) is 0 Å². The Kier molecular flexibility index (Phi) is 16.7. The zero-order chi connectivity index (χ0) is 17.2. The van der Waals surface area contributed by atoms with Gasteiger partial charge in [0.1, 0.15) is 0 Å². The fourth-order valence-corrected chi connectivity index (χ4v) is 3.07. The molecule has 0 heterocycles. The van der Waals surface area contributed by atoms with E-state index in [1.165, 1.54) is 103 Å². The predicted molar refractivity (Wildman–Crippen MR) is 101 cm³/mol. The second-order valence-corrected chi connectivity index (χ2v) is 7.39. The average Bonchev–Trinajstić information content (AvgIpc) is 2.49. The molecule has 0 aliphatic heterocycles. The van der Waals surface area contributed by atoms with Crippen molar-refractivity contribution in [2.24, 2.45) is 0 Å². The highest BCUT2D eigenvalue weighted by atomic mass is 16.5. The van der Waals surface area contributed by atoms with Crippen LogP contribution in [0.5, 0.6) is 0 Å². The highest BCUT2D eigenvalue weighted by Crippen LogP contribution is 2.15. The standard InChI is InChI=1S/C21H43O2/c1-3-4-5-6-7-8-9-10-11-12-13-14-15-16-17-18-19-20-21(2,22)23/h20,22-23H,3-19H2,1-2H3. The molecule has 0 rings (SSSR count). The van der Waals surface area contributed by atoms with Crippen LogP contribution in [-0.2, 0) is 0 Å². The Morgan fingerprint density at radius 3 is 1.17 bits per heavy atom. The van der Waals surface area contributed by atoms with Gasteiger partial charge in [-0.1, -0.05) is 110 Å². The topological polar surface area (TPSA) is 40.5 Å². The zero-order valence-corrected chi connectivity index (χ0v) is 16.0. The first-order valence-electron chi connectivity index (χ1n) is 10.4. The van der Waals surface area contributed by atoms with Crippen molar-refractivity contribution >= 4 is 0 Å². The second-order valence-electron chi connectivity index (χ2n) is 7.39. The Morgan fingerprint density at radius 2 is 0.870 bits per heavy atom. The van der Waals surface area contributed by atoms with Crippen LogP contribution in [0, 0.1) is 6.42 Å². The summed E-state index contributed by atoms with van der Waals surface area (Å²) in [6.07, 6.45) is 24.4. The summed E-state index contributed by atoms with van der Waals surface area (Å²) in [4.78, 5) is 0. The van der Waals surface area contributed by atoms with Gasteiger partial charge in [-0.25, -0.2) is 0 Å². The molecule has 0 aromatic heterocycles. The molecule has 0 atom stereocenters. The summed E-state index contributed by atoms with van der Waals surface area (Å²) in [7, 11) is 0. The van der Waals surface area contributed by atoms with Crippen molar-refractivity contribution in [3.8, 4) is 0 Å². The van der Waals surface area contributed by atoms with Crippen molar-refractivity contribution in [1.82, 2.24) is 0 Å². The fraction of sp³-hybridized carbons (Fsp3) is 0.952. The van der Waals surface area contributed by atoms with Gasteiger partial charge in [-0.15, -0.1) is 0 Å². The maximum atomic E-state index is 9.14. The van der Waals surface area contributed by atoms with Crippen LogP contribution >= 0.6 is 0 Å². The summed E-state index contributed by atoms with van der Waals surface area (Å²) in [6.45, 7) is 3.70. The number of hydrogen-bond acceptors (Lipinski definition) is 2. The molecule has 139 valence electrons. The highest BCUT2D eigenvalue weighted by Gasteiger charge is 2.13. The first-order valence-corrected chi connectivity index (χ1v) is 10.4. The van der Waals surface area contributed by atoms with E-state index in [-0.39, 0.29) is 0 Å². The molecule has 0 unspecified atom stereocenters. The third-order valence-electron chi connectivity index (χ3n) is 4.59. The van der Waals surface area contributed by atoms with E-state index in [1.54, 1.807) is 6.42 Å². The molecule has 1 radical (unpaired) electrons. The normalized spacial score (nSPS) is 12.0.